The van der Waals surface area contributed by atoms with Crippen molar-refractivity contribution in [3.8, 4) is 11.5 Å². The molecule has 0 fully saturated rings. The van der Waals surface area contributed by atoms with Crippen molar-refractivity contribution in [3.05, 3.63) is 23.8 Å². The van der Waals surface area contributed by atoms with Crippen LogP contribution in [0.3, 0.4) is 0 Å². The summed E-state index contributed by atoms with van der Waals surface area (Å²) in [4.78, 5) is 13.2. The monoisotopic (exact) mass is 267 g/mol. The van der Waals surface area contributed by atoms with Gasteiger partial charge in [-0.15, -0.1) is 0 Å². The van der Waals surface area contributed by atoms with E-state index < -0.39 is 5.60 Å². The van der Waals surface area contributed by atoms with E-state index in [4.69, 9.17) is 4.74 Å². The molecule has 19 heavy (non-hydrogen) atoms. The number of carbonyl (C=O) groups is 1. The predicted octanol–water partition coefficient (Wildman–Crippen LogP) is 2.51. The molecule has 0 aliphatic carbocycles. The number of ether oxygens (including phenoxy) is 1. The van der Waals surface area contributed by atoms with Crippen molar-refractivity contribution in [2.75, 3.05) is 13.6 Å². The Morgan fingerprint density at radius 3 is 2.42 bits per heavy atom. The van der Waals surface area contributed by atoms with Gasteiger partial charge in [-0.25, -0.2) is 4.79 Å². The molecule has 0 bridgehead atoms. The third-order valence-corrected chi connectivity index (χ3v) is 2.48. The number of aromatic hydroxyl groups is 2. The Kier molecular flexibility index (Phi) is 4.64. The second kappa shape index (κ2) is 5.82. The number of carbonyl (C=O) groups excluding carboxylic acids is 1. The molecule has 1 amide bonds. The predicted molar refractivity (Wildman–Crippen MR) is 72.3 cm³/mol. The molecule has 0 heterocycles. The molecule has 2 N–H and O–H groups in total. The highest BCUT2D eigenvalue weighted by Crippen LogP contribution is 2.25. The van der Waals surface area contributed by atoms with Crippen LogP contribution in [0.25, 0.3) is 0 Å². The molecule has 1 aromatic carbocycles. The quantitative estimate of drug-likeness (QED) is 0.825. The van der Waals surface area contributed by atoms with E-state index in [-0.39, 0.29) is 17.6 Å². The standard InChI is InChI=1S/C14H21NO4/c1-14(2,3)19-13(18)15(4)8-7-10-5-6-11(16)12(17)9-10/h5-6,9,16-17H,7-8H2,1-4H3. The third-order valence-electron chi connectivity index (χ3n) is 2.48. The highest BCUT2D eigenvalue weighted by molar-refractivity contribution is 5.67. The highest BCUT2D eigenvalue weighted by Gasteiger charge is 2.19. The van der Waals surface area contributed by atoms with Gasteiger partial charge in [0, 0.05) is 13.6 Å². The van der Waals surface area contributed by atoms with Crippen LogP contribution >= 0.6 is 0 Å². The van der Waals surface area contributed by atoms with Crippen LogP contribution in [0.2, 0.25) is 0 Å². The van der Waals surface area contributed by atoms with Crippen LogP contribution in [0.4, 0.5) is 4.79 Å². The first kappa shape index (κ1) is 15.1. The molecule has 0 radical (unpaired) electrons. The van der Waals surface area contributed by atoms with Crippen LogP contribution in [0.5, 0.6) is 11.5 Å². The second-order valence-electron chi connectivity index (χ2n) is 5.47. The van der Waals surface area contributed by atoms with Crippen molar-refractivity contribution in [1.29, 1.82) is 0 Å². The number of benzene rings is 1. The smallest absolute Gasteiger partial charge is 0.410 e. The van der Waals surface area contributed by atoms with Gasteiger partial charge >= 0.3 is 6.09 Å². The Morgan fingerprint density at radius 2 is 1.89 bits per heavy atom. The average Bonchev–Trinajstić information content (AvgIpc) is 2.28. The lowest BCUT2D eigenvalue weighted by atomic mass is 10.1. The van der Waals surface area contributed by atoms with Crippen molar-refractivity contribution >= 4 is 6.09 Å². The van der Waals surface area contributed by atoms with Gasteiger partial charge in [0.1, 0.15) is 5.60 Å². The molecule has 1 aromatic rings. The number of hydrogen-bond acceptors (Lipinski definition) is 4. The van der Waals surface area contributed by atoms with E-state index >= 15 is 0 Å². The van der Waals surface area contributed by atoms with Gasteiger partial charge < -0.3 is 19.8 Å². The number of phenols is 2. The van der Waals surface area contributed by atoms with Crippen LogP contribution < -0.4 is 0 Å². The molecular weight excluding hydrogens is 246 g/mol. The van der Waals surface area contributed by atoms with Gasteiger partial charge in [0.05, 0.1) is 0 Å². The number of nitrogens with zero attached hydrogens (tertiary/aromatic N) is 1. The van der Waals surface area contributed by atoms with Gasteiger partial charge in [-0.3, -0.25) is 0 Å². The van der Waals surface area contributed by atoms with Gasteiger partial charge in [-0.1, -0.05) is 6.07 Å². The Hall–Kier alpha value is -1.91. The minimum Gasteiger partial charge on any atom is -0.504 e. The largest absolute Gasteiger partial charge is 0.504 e. The van der Waals surface area contributed by atoms with Crippen molar-refractivity contribution in [2.24, 2.45) is 0 Å². The molecule has 0 saturated heterocycles. The minimum absolute atomic E-state index is 0.149. The lowest BCUT2D eigenvalue weighted by molar-refractivity contribution is 0.0301. The lowest BCUT2D eigenvalue weighted by Gasteiger charge is -2.24. The highest BCUT2D eigenvalue weighted by atomic mass is 16.6. The van der Waals surface area contributed by atoms with E-state index in [9.17, 15) is 15.0 Å². The number of hydrogen-bond donors (Lipinski definition) is 2. The van der Waals surface area contributed by atoms with E-state index in [1.807, 2.05) is 20.8 Å². The Morgan fingerprint density at radius 1 is 1.26 bits per heavy atom. The average molecular weight is 267 g/mol. The van der Waals surface area contributed by atoms with Crippen LogP contribution in [0.1, 0.15) is 26.3 Å². The zero-order valence-corrected chi connectivity index (χ0v) is 11.8. The summed E-state index contributed by atoms with van der Waals surface area (Å²) in [6.07, 6.45) is 0.194. The summed E-state index contributed by atoms with van der Waals surface area (Å²) in [6, 6.07) is 4.62. The van der Waals surface area contributed by atoms with Gasteiger partial charge in [0.2, 0.25) is 0 Å². The third kappa shape index (κ3) is 5.07. The molecule has 0 saturated carbocycles. The first-order valence-electron chi connectivity index (χ1n) is 6.14. The van der Waals surface area contributed by atoms with Gasteiger partial charge in [-0.2, -0.15) is 0 Å². The summed E-state index contributed by atoms with van der Waals surface area (Å²) in [7, 11) is 1.66. The van der Waals surface area contributed by atoms with Gasteiger partial charge in [-0.05, 0) is 44.9 Å². The van der Waals surface area contributed by atoms with Crippen LogP contribution in [-0.2, 0) is 11.2 Å². The number of likely N-dealkylation sites (N-methyl/N-ethyl adjacent to an activating group) is 1. The molecule has 5 nitrogen and oxygen atoms in total. The fourth-order valence-corrected chi connectivity index (χ4v) is 1.45. The van der Waals surface area contributed by atoms with Gasteiger partial charge in [0.15, 0.2) is 11.5 Å². The molecule has 0 atom stereocenters. The number of rotatable bonds is 3. The molecule has 0 spiro atoms. The van der Waals surface area contributed by atoms with Crippen molar-refractivity contribution < 1.29 is 19.7 Å². The van der Waals surface area contributed by atoms with Crippen molar-refractivity contribution in [2.45, 2.75) is 32.8 Å². The fourth-order valence-electron chi connectivity index (χ4n) is 1.45. The molecule has 0 aliphatic rings. The van der Waals surface area contributed by atoms with Crippen molar-refractivity contribution in [3.63, 3.8) is 0 Å². The van der Waals surface area contributed by atoms with Crippen LogP contribution in [-0.4, -0.2) is 40.4 Å². The molecule has 106 valence electrons. The van der Waals surface area contributed by atoms with E-state index in [2.05, 4.69) is 0 Å². The summed E-state index contributed by atoms with van der Waals surface area (Å²) in [5, 5.41) is 18.6. The maximum atomic E-state index is 11.7. The van der Waals surface area contributed by atoms with E-state index in [1.165, 1.54) is 17.0 Å². The topological polar surface area (TPSA) is 70.0 Å². The first-order chi connectivity index (χ1) is 8.69. The lowest BCUT2D eigenvalue weighted by Crippen LogP contribution is -2.35. The van der Waals surface area contributed by atoms with Crippen molar-refractivity contribution in [1.82, 2.24) is 4.90 Å². The summed E-state index contributed by atoms with van der Waals surface area (Å²) < 4.78 is 5.23. The number of amides is 1. The summed E-state index contributed by atoms with van der Waals surface area (Å²) in [5.41, 5.74) is 0.327. The molecular formula is C14H21NO4. The minimum atomic E-state index is -0.512. The SMILES string of the molecule is CN(CCc1ccc(O)c(O)c1)C(=O)OC(C)(C)C. The van der Waals surface area contributed by atoms with E-state index in [1.54, 1.807) is 13.1 Å². The first-order valence-corrected chi connectivity index (χ1v) is 6.14. The maximum Gasteiger partial charge on any atom is 0.410 e. The Balaban J connectivity index is 2.52. The zero-order valence-electron chi connectivity index (χ0n) is 11.8. The molecule has 1 rings (SSSR count). The molecule has 0 unspecified atom stereocenters. The Bertz CT molecular complexity index is 451. The summed E-state index contributed by atoms with van der Waals surface area (Å²) in [6.45, 7) is 5.92. The normalized spacial score (nSPS) is 11.2. The zero-order chi connectivity index (χ0) is 14.6. The Labute approximate surface area is 113 Å². The number of phenolic OH excluding ortho intramolecular Hbond substituents is 2. The van der Waals surface area contributed by atoms with Crippen LogP contribution in [0, 0.1) is 0 Å². The summed E-state index contributed by atoms with van der Waals surface area (Å²) in [5.74, 6) is -0.304. The fraction of sp³-hybridized carbons (Fsp3) is 0.500. The summed E-state index contributed by atoms with van der Waals surface area (Å²) >= 11 is 0. The van der Waals surface area contributed by atoms with E-state index in [0.717, 1.165) is 5.56 Å². The molecule has 0 aliphatic heterocycles. The second-order valence-corrected chi connectivity index (χ2v) is 5.47. The van der Waals surface area contributed by atoms with E-state index in [0.29, 0.717) is 13.0 Å². The maximum absolute atomic E-state index is 11.7. The molecule has 5 heteroatoms. The van der Waals surface area contributed by atoms with Crippen LogP contribution in [0.15, 0.2) is 18.2 Å². The van der Waals surface area contributed by atoms with Gasteiger partial charge in [0.25, 0.3) is 0 Å². The molecule has 0 aromatic heterocycles.